The maximum atomic E-state index is 14.6. The van der Waals surface area contributed by atoms with E-state index in [1.807, 2.05) is 66.7 Å². The largest absolute Gasteiger partial charge is 0.444 e. The summed E-state index contributed by atoms with van der Waals surface area (Å²) in [6.07, 6.45) is 3.95. The summed E-state index contributed by atoms with van der Waals surface area (Å²) in [6, 6.07) is 19.0. The van der Waals surface area contributed by atoms with Crippen LogP contribution in [0.25, 0.3) is 0 Å². The van der Waals surface area contributed by atoms with Crippen LogP contribution in [0.2, 0.25) is 0 Å². The Morgan fingerprint density at radius 1 is 0.836 bits per heavy atom. The second-order valence-corrected chi connectivity index (χ2v) is 19.7. The van der Waals surface area contributed by atoms with Crippen molar-refractivity contribution in [1.82, 2.24) is 35.6 Å². The van der Waals surface area contributed by atoms with Crippen molar-refractivity contribution < 1.29 is 47.9 Å². The van der Waals surface area contributed by atoms with Gasteiger partial charge in [0, 0.05) is 69.1 Å². The highest BCUT2D eigenvalue weighted by Crippen LogP contribution is 2.32. The first-order chi connectivity index (χ1) is 34.9. The van der Waals surface area contributed by atoms with Crippen LogP contribution in [0, 0.1) is 11.8 Å². The Bertz CT molecular complexity index is 2670. The number of ether oxygens (including phenoxy) is 1. The molecule has 0 saturated carbocycles. The molecule has 0 radical (unpaired) electrons. The van der Waals surface area contributed by atoms with E-state index >= 15 is 0 Å². The highest BCUT2D eigenvalue weighted by atomic mass is 16.6. The van der Waals surface area contributed by atoms with Gasteiger partial charge >= 0.3 is 6.09 Å². The number of primary amides is 1. The van der Waals surface area contributed by atoms with E-state index in [0.717, 1.165) is 21.6 Å². The Morgan fingerprint density at radius 3 is 2.21 bits per heavy atom. The fourth-order valence-electron chi connectivity index (χ4n) is 9.59. The zero-order chi connectivity index (χ0) is 52.4. The Balaban J connectivity index is 0.972. The number of rotatable bonds is 16. The van der Waals surface area contributed by atoms with Crippen molar-refractivity contribution in [3.05, 3.63) is 118 Å². The van der Waals surface area contributed by atoms with Gasteiger partial charge in [0.25, 0.3) is 17.7 Å². The lowest BCUT2D eigenvalue weighted by Crippen LogP contribution is -2.60. The molecule has 3 aromatic rings. The minimum absolute atomic E-state index is 0.0928. The number of carbonyl (C=O) groups excluding carboxylic acids is 9. The summed E-state index contributed by atoms with van der Waals surface area (Å²) < 4.78 is 5.52. The first-order valence-corrected chi connectivity index (χ1v) is 24.9. The Kier molecular flexibility index (Phi) is 17.1. The van der Waals surface area contributed by atoms with Gasteiger partial charge in [-0.3, -0.25) is 43.3 Å². The third kappa shape index (κ3) is 13.2. The number of hydrogen-bond acceptors (Lipinski definition) is 10. The highest BCUT2D eigenvalue weighted by Gasteiger charge is 2.44. The van der Waals surface area contributed by atoms with Crippen molar-refractivity contribution in [2.24, 2.45) is 5.73 Å². The fraction of sp³-hybridized carbons (Fsp3) is 0.436. The lowest BCUT2D eigenvalue weighted by molar-refractivity contribution is -0.150. The molecule has 7 rings (SSSR count). The molecule has 0 spiro atoms. The molecule has 18 nitrogen and oxygen atoms in total. The monoisotopic (exact) mass is 996 g/mol. The quantitative estimate of drug-likeness (QED) is 0.0899. The molecular formula is C55H64N8O10. The number of nitrogens with zero attached hydrogens (tertiary/aromatic N) is 4. The zero-order valence-corrected chi connectivity index (χ0v) is 41.8. The molecular weight excluding hydrogens is 933 g/mol. The Labute approximate surface area is 425 Å². The minimum Gasteiger partial charge on any atom is -0.444 e. The lowest BCUT2D eigenvalue weighted by Gasteiger charge is -2.37. The molecule has 9 amide bonds. The van der Waals surface area contributed by atoms with Crippen molar-refractivity contribution in [2.45, 2.75) is 134 Å². The second-order valence-electron chi connectivity index (χ2n) is 19.7. The number of likely N-dealkylation sites (tertiary alicyclic amines) is 1. The van der Waals surface area contributed by atoms with Crippen LogP contribution in [0.3, 0.4) is 0 Å². The van der Waals surface area contributed by atoms with Crippen LogP contribution in [-0.4, -0.2) is 123 Å². The average molecular weight is 997 g/mol. The normalized spacial score (nSPS) is 19.2. The average Bonchev–Trinajstić information content (AvgIpc) is 3.94. The molecule has 3 aromatic carbocycles. The molecule has 0 bridgehead atoms. The smallest absolute Gasteiger partial charge is 0.408 e. The summed E-state index contributed by atoms with van der Waals surface area (Å²) in [5.41, 5.74) is 8.62. The molecule has 73 heavy (non-hydrogen) atoms. The number of nitrogens with two attached hydrogens (primary N) is 1. The van der Waals surface area contributed by atoms with E-state index in [-0.39, 0.29) is 88.2 Å². The molecule has 384 valence electrons. The lowest BCUT2D eigenvalue weighted by atomic mass is 9.98. The van der Waals surface area contributed by atoms with Gasteiger partial charge < -0.3 is 41.1 Å². The van der Waals surface area contributed by atoms with Gasteiger partial charge in [-0.1, -0.05) is 91.1 Å². The van der Waals surface area contributed by atoms with Crippen molar-refractivity contribution in [2.75, 3.05) is 20.1 Å². The molecule has 4 atom stereocenters. The molecule has 18 heteroatoms. The van der Waals surface area contributed by atoms with Crippen LogP contribution in [0.15, 0.2) is 90.6 Å². The van der Waals surface area contributed by atoms with Crippen LogP contribution < -0.4 is 21.7 Å². The summed E-state index contributed by atoms with van der Waals surface area (Å²) >= 11 is 0. The Morgan fingerprint density at radius 2 is 1.53 bits per heavy atom. The molecule has 4 aliphatic rings. The van der Waals surface area contributed by atoms with Gasteiger partial charge in [-0.25, -0.2) is 4.79 Å². The number of likely N-dealkylation sites (N-methyl/N-ethyl adjacent to an activating group) is 1. The topological polar surface area (TPSA) is 238 Å². The van der Waals surface area contributed by atoms with Crippen molar-refractivity contribution >= 4 is 53.4 Å². The first-order valence-electron chi connectivity index (χ1n) is 24.9. The van der Waals surface area contributed by atoms with Crippen molar-refractivity contribution in [1.29, 1.82) is 0 Å². The van der Waals surface area contributed by atoms with E-state index < -0.39 is 65.5 Å². The summed E-state index contributed by atoms with van der Waals surface area (Å²) in [5, 5.41) is 8.49. The molecule has 0 aliphatic carbocycles. The number of nitrogens with one attached hydrogen (secondary N) is 3. The van der Waals surface area contributed by atoms with E-state index in [9.17, 15) is 43.2 Å². The molecule has 4 aliphatic heterocycles. The number of imide groups is 1. The SMILES string of the molecule is CN1C(=O)CCC(N2Cc3c(C#CCCCCCC(=O)N4CCC5=CC[C@@H](C(=O)N[C@@H](CCC(N)=O)C(=O)NC(c6ccccc6)c6ccccc6)N5C(=O)[C@@H](NC(=O)OC(C)(C)C)C4)cccc3C2=O)C1=O. The fourth-order valence-corrected chi connectivity index (χ4v) is 9.59. The van der Waals surface area contributed by atoms with Crippen LogP contribution >= 0.6 is 0 Å². The molecule has 2 fully saturated rings. The number of fused-ring (bicyclic) bond motifs is 2. The number of alkyl carbamates (subject to hydrolysis) is 1. The summed E-state index contributed by atoms with van der Waals surface area (Å²) in [6.45, 7) is 5.27. The Hall–Kier alpha value is -7.81. The maximum Gasteiger partial charge on any atom is 0.408 e. The highest BCUT2D eigenvalue weighted by molar-refractivity contribution is 6.05. The van der Waals surface area contributed by atoms with Gasteiger partial charge in [0.05, 0.1) is 12.6 Å². The maximum absolute atomic E-state index is 14.6. The number of piperidine rings is 1. The first kappa shape index (κ1) is 53.0. The van der Waals surface area contributed by atoms with Gasteiger partial charge in [0.1, 0.15) is 29.8 Å². The van der Waals surface area contributed by atoms with Gasteiger partial charge in [0.2, 0.25) is 29.5 Å². The number of unbranched alkanes of at least 4 members (excludes halogenated alkanes) is 3. The van der Waals surface area contributed by atoms with Crippen LogP contribution in [-0.2, 0) is 44.8 Å². The van der Waals surface area contributed by atoms with E-state index in [1.165, 1.54) is 16.8 Å². The predicted octanol–water partition coefficient (Wildman–Crippen LogP) is 4.36. The number of benzene rings is 3. The van der Waals surface area contributed by atoms with Crippen LogP contribution in [0.5, 0.6) is 0 Å². The second kappa shape index (κ2) is 23.6. The van der Waals surface area contributed by atoms with Gasteiger partial charge in [-0.2, -0.15) is 0 Å². The summed E-state index contributed by atoms with van der Waals surface area (Å²) in [4.78, 5) is 126. The van der Waals surface area contributed by atoms with Gasteiger partial charge in [-0.05, 0) is 81.7 Å². The number of amides is 9. The molecule has 5 N–H and O–H groups in total. The third-order valence-corrected chi connectivity index (χ3v) is 13.4. The summed E-state index contributed by atoms with van der Waals surface area (Å²) in [7, 11) is 1.44. The third-order valence-electron chi connectivity index (χ3n) is 13.4. The van der Waals surface area contributed by atoms with Crippen LogP contribution in [0.4, 0.5) is 4.79 Å². The van der Waals surface area contributed by atoms with Gasteiger partial charge in [-0.15, -0.1) is 0 Å². The zero-order valence-electron chi connectivity index (χ0n) is 41.8. The van der Waals surface area contributed by atoms with Crippen LogP contribution in [0.1, 0.15) is 130 Å². The summed E-state index contributed by atoms with van der Waals surface area (Å²) in [5.74, 6) is 2.75. The van der Waals surface area contributed by atoms with Crippen molar-refractivity contribution in [3.63, 3.8) is 0 Å². The number of carbonyl (C=O) groups is 9. The molecule has 1 unspecified atom stereocenters. The van der Waals surface area contributed by atoms with Gasteiger partial charge in [0.15, 0.2) is 0 Å². The molecule has 4 heterocycles. The van der Waals surface area contributed by atoms with E-state index in [2.05, 4.69) is 27.8 Å². The number of hydrogen-bond donors (Lipinski definition) is 4. The standard InChI is InChI=1S/C55H64N8O10/c1-55(2,3)73-54(72)58-42-34-61(47(66)24-15-7-5-6-10-17-35-22-16-23-39-40(35)33-62(51(39)69)44-28-30-46(65)60(4)53(44)71)32-31-38-25-27-43(63(38)52(42)70)50(68)57-41(26-29-45(56)64)49(67)59-48(36-18-11-8-12-19-36)37-20-13-9-14-21-37/h8-9,11-14,16,18-23,25,41-44,48H,5-7,15,24,26-34H2,1-4H3,(H2,56,64)(H,57,68)(H,58,72)(H,59,67)/t41-,42-,43-,44?/m0/s1. The molecule has 0 aromatic heterocycles. The van der Waals surface area contributed by atoms with E-state index in [4.69, 9.17) is 10.5 Å². The van der Waals surface area contributed by atoms with E-state index in [0.29, 0.717) is 42.5 Å². The predicted molar refractivity (Wildman–Crippen MR) is 268 cm³/mol. The van der Waals surface area contributed by atoms with E-state index in [1.54, 1.807) is 43.9 Å². The minimum atomic E-state index is -1.30. The van der Waals surface area contributed by atoms with Crippen molar-refractivity contribution in [3.8, 4) is 11.8 Å². The molecule has 2 saturated heterocycles.